The van der Waals surface area contributed by atoms with Crippen molar-refractivity contribution in [2.24, 2.45) is 0 Å². The molecule has 3 heteroatoms. The molecule has 0 aliphatic rings. The Hall–Kier alpha value is -2.00. The molecule has 1 N–H and O–H groups in total. The van der Waals surface area contributed by atoms with Gasteiger partial charge in [0.2, 0.25) is 0 Å². The molecule has 0 spiro atoms. The van der Waals surface area contributed by atoms with E-state index < -0.39 is 5.97 Å². The summed E-state index contributed by atoms with van der Waals surface area (Å²) in [6, 6.07) is 17.8. The quantitative estimate of drug-likeness (QED) is 0.667. The fourth-order valence-corrected chi connectivity index (χ4v) is 2.32. The Labute approximate surface area is 117 Å². The van der Waals surface area contributed by atoms with Crippen LogP contribution >= 0.6 is 12.2 Å². The number of aliphatic carboxylic acids is 1. The zero-order chi connectivity index (χ0) is 13.7. The van der Waals surface area contributed by atoms with Gasteiger partial charge < -0.3 is 5.11 Å². The summed E-state index contributed by atoms with van der Waals surface area (Å²) >= 11 is 5.22. The molecule has 0 atom stereocenters. The summed E-state index contributed by atoms with van der Waals surface area (Å²) in [6.07, 6.45) is 0.665. The van der Waals surface area contributed by atoms with Gasteiger partial charge in [0, 0.05) is 4.86 Å². The third-order valence-corrected chi connectivity index (χ3v) is 3.23. The molecule has 2 rings (SSSR count). The minimum Gasteiger partial charge on any atom is -0.481 e. The van der Waals surface area contributed by atoms with Crippen LogP contribution in [-0.2, 0) is 11.2 Å². The van der Waals surface area contributed by atoms with Crippen molar-refractivity contribution < 1.29 is 9.90 Å². The van der Waals surface area contributed by atoms with Crippen LogP contribution in [0.5, 0.6) is 0 Å². The summed E-state index contributed by atoms with van der Waals surface area (Å²) < 4.78 is 0. The van der Waals surface area contributed by atoms with Gasteiger partial charge in [-0.15, -0.1) is 0 Å². The molecule has 0 aliphatic carbocycles. The van der Waals surface area contributed by atoms with Gasteiger partial charge in [-0.25, -0.2) is 0 Å². The van der Waals surface area contributed by atoms with Crippen molar-refractivity contribution in [3.8, 4) is 0 Å². The summed E-state index contributed by atoms with van der Waals surface area (Å²) in [4.78, 5) is 11.3. The predicted octanol–water partition coefficient (Wildman–Crippen LogP) is 3.47. The Morgan fingerprint density at radius 1 is 1.00 bits per heavy atom. The van der Waals surface area contributed by atoms with Gasteiger partial charge in [0.1, 0.15) is 0 Å². The van der Waals surface area contributed by atoms with Crippen LogP contribution in [0.2, 0.25) is 0 Å². The van der Waals surface area contributed by atoms with Gasteiger partial charge >= 0.3 is 5.97 Å². The molecule has 2 nitrogen and oxygen atoms in total. The van der Waals surface area contributed by atoms with Crippen LogP contribution in [0.1, 0.15) is 23.1 Å². The van der Waals surface area contributed by atoms with Crippen molar-refractivity contribution >= 4 is 23.1 Å². The van der Waals surface area contributed by atoms with E-state index in [0.717, 1.165) is 17.5 Å². The monoisotopic (exact) mass is 270 g/mol. The molecule has 0 unspecified atom stereocenters. The minimum atomic E-state index is -0.889. The number of hydrogen-bond acceptors (Lipinski definition) is 2. The summed E-state index contributed by atoms with van der Waals surface area (Å²) in [5, 5.41) is 8.84. The van der Waals surface area contributed by atoms with Crippen molar-refractivity contribution in [2.45, 2.75) is 12.8 Å². The molecule has 0 heterocycles. The first-order valence-electron chi connectivity index (χ1n) is 6.03. The third kappa shape index (κ3) is 3.73. The normalized spacial score (nSPS) is 10.1. The second-order valence-electron chi connectivity index (χ2n) is 4.31. The highest BCUT2D eigenvalue weighted by molar-refractivity contribution is 7.80. The van der Waals surface area contributed by atoms with Gasteiger partial charge in [-0.2, -0.15) is 0 Å². The molecule has 0 radical (unpaired) electrons. The van der Waals surface area contributed by atoms with Gasteiger partial charge in [-0.1, -0.05) is 66.8 Å². The lowest BCUT2D eigenvalue weighted by Crippen LogP contribution is -2.08. The van der Waals surface area contributed by atoms with Crippen LogP contribution in [-0.4, -0.2) is 15.9 Å². The average molecular weight is 270 g/mol. The third-order valence-electron chi connectivity index (χ3n) is 2.87. The van der Waals surface area contributed by atoms with Crippen LogP contribution in [0, 0.1) is 0 Å². The Balaban J connectivity index is 2.26. The lowest BCUT2D eigenvalue weighted by Gasteiger charge is -2.09. The van der Waals surface area contributed by atoms with Gasteiger partial charge in [-0.05, 0) is 23.1 Å². The van der Waals surface area contributed by atoms with Crippen LogP contribution in [0.15, 0.2) is 54.6 Å². The fraction of sp³-hybridized carbons (Fsp3) is 0.125. The average Bonchev–Trinajstić information content (AvgIpc) is 2.39. The van der Waals surface area contributed by atoms with Gasteiger partial charge in [0.25, 0.3) is 0 Å². The molecule has 19 heavy (non-hydrogen) atoms. The molecular weight excluding hydrogens is 256 g/mol. The van der Waals surface area contributed by atoms with Crippen LogP contribution < -0.4 is 0 Å². The predicted molar refractivity (Wildman–Crippen MR) is 79.6 cm³/mol. The molecule has 0 bridgehead atoms. The largest absolute Gasteiger partial charge is 0.481 e. The number of carbonyl (C=O) groups is 1. The first-order valence-corrected chi connectivity index (χ1v) is 6.44. The first kappa shape index (κ1) is 13.4. The molecular formula is C16H14O2S. The van der Waals surface area contributed by atoms with Gasteiger partial charge in [-0.3, -0.25) is 4.79 Å². The van der Waals surface area contributed by atoms with Crippen molar-refractivity contribution in [2.75, 3.05) is 0 Å². The van der Waals surface area contributed by atoms with Crippen molar-refractivity contribution in [1.82, 2.24) is 0 Å². The minimum absolute atomic E-state index is 0.0961. The topological polar surface area (TPSA) is 37.3 Å². The Bertz CT molecular complexity index is 591. The molecule has 0 saturated carbocycles. The SMILES string of the molecule is O=C(O)CC(=S)c1ccccc1Cc1ccccc1. The number of benzene rings is 2. The standard InChI is InChI=1S/C16H14O2S/c17-16(18)11-15(19)14-9-5-4-8-13(14)10-12-6-2-1-3-7-12/h1-9H,10-11H2,(H,17,18). The molecule has 0 aliphatic heterocycles. The van der Waals surface area contributed by atoms with Crippen LogP contribution in [0.4, 0.5) is 0 Å². The van der Waals surface area contributed by atoms with E-state index in [1.807, 2.05) is 42.5 Å². The summed E-state index contributed by atoms with van der Waals surface area (Å²) in [7, 11) is 0. The summed E-state index contributed by atoms with van der Waals surface area (Å²) in [5.41, 5.74) is 3.12. The maximum absolute atomic E-state index is 10.8. The second-order valence-corrected chi connectivity index (χ2v) is 4.81. The van der Waals surface area contributed by atoms with Crippen molar-refractivity contribution in [1.29, 1.82) is 0 Å². The Morgan fingerprint density at radius 3 is 2.32 bits per heavy atom. The maximum Gasteiger partial charge on any atom is 0.308 e. The van der Waals surface area contributed by atoms with E-state index >= 15 is 0 Å². The van der Waals surface area contributed by atoms with E-state index in [1.165, 1.54) is 5.56 Å². The number of hydrogen-bond donors (Lipinski definition) is 1. The highest BCUT2D eigenvalue weighted by Crippen LogP contribution is 2.16. The highest BCUT2D eigenvalue weighted by atomic mass is 32.1. The number of carboxylic acid groups (broad SMARTS) is 1. The number of carboxylic acids is 1. The van der Waals surface area contributed by atoms with Gasteiger partial charge in [0.15, 0.2) is 0 Å². The van der Waals surface area contributed by atoms with E-state index in [0.29, 0.717) is 4.86 Å². The smallest absolute Gasteiger partial charge is 0.308 e. The molecule has 2 aromatic rings. The molecule has 0 saturated heterocycles. The number of rotatable bonds is 5. The zero-order valence-electron chi connectivity index (χ0n) is 10.4. The molecule has 0 aromatic heterocycles. The van der Waals surface area contributed by atoms with E-state index in [2.05, 4.69) is 12.1 Å². The molecule has 96 valence electrons. The van der Waals surface area contributed by atoms with Crippen molar-refractivity contribution in [3.05, 3.63) is 71.3 Å². The molecule has 0 amide bonds. The lowest BCUT2D eigenvalue weighted by atomic mass is 9.97. The van der Waals surface area contributed by atoms with Crippen LogP contribution in [0.25, 0.3) is 0 Å². The second kappa shape index (κ2) is 6.25. The fourth-order valence-electron chi connectivity index (χ4n) is 1.99. The zero-order valence-corrected chi connectivity index (χ0v) is 11.2. The van der Waals surface area contributed by atoms with E-state index in [9.17, 15) is 4.79 Å². The Morgan fingerprint density at radius 2 is 1.63 bits per heavy atom. The van der Waals surface area contributed by atoms with E-state index in [4.69, 9.17) is 17.3 Å². The maximum atomic E-state index is 10.8. The molecule has 2 aromatic carbocycles. The Kier molecular flexibility index (Phi) is 4.42. The summed E-state index contributed by atoms with van der Waals surface area (Å²) in [6.45, 7) is 0. The highest BCUT2D eigenvalue weighted by Gasteiger charge is 2.10. The van der Waals surface area contributed by atoms with E-state index in [-0.39, 0.29) is 6.42 Å². The molecule has 0 fully saturated rings. The van der Waals surface area contributed by atoms with Crippen molar-refractivity contribution in [3.63, 3.8) is 0 Å². The lowest BCUT2D eigenvalue weighted by molar-refractivity contribution is -0.135. The van der Waals surface area contributed by atoms with Gasteiger partial charge in [0.05, 0.1) is 6.42 Å². The first-order chi connectivity index (χ1) is 9.16. The number of thiocarbonyl (C=S) groups is 1. The summed E-state index contributed by atoms with van der Waals surface area (Å²) in [5.74, 6) is -0.889. The van der Waals surface area contributed by atoms with Crippen LogP contribution in [0.3, 0.4) is 0 Å². The van der Waals surface area contributed by atoms with E-state index in [1.54, 1.807) is 0 Å².